The first-order valence-electron chi connectivity index (χ1n) is 8.85. The quantitative estimate of drug-likeness (QED) is 0.560. The van der Waals surface area contributed by atoms with Crippen molar-refractivity contribution in [2.24, 2.45) is 0 Å². The number of alkyl halides is 2. The standard InChI is InChI=1S/C22H17F2N3O3/c23-22(24)30-19-6-2-1-4-15(19)9-12-20(28)26-17-10-7-16(8-11-17)21(29)27-18-5-3-13-25-14-18/h1-14,22H,(H,26,28)(H,27,29)/b12-9+. The van der Waals surface area contributed by atoms with Crippen molar-refractivity contribution in [1.82, 2.24) is 4.98 Å². The lowest BCUT2D eigenvalue weighted by Crippen LogP contribution is -2.12. The van der Waals surface area contributed by atoms with Crippen LogP contribution in [-0.2, 0) is 4.79 Å². The zero-order valence-corrected chi connectivity index (χ0v) is 15.6. The summed E-state index contributed by atoms with van der Waals surface area (Å²) in [4.78, 5) is 28.2. The van der Waals surface area contributed by atoms with E-state index in [0.29, 0.717) is 22.5 Å². The van der Waals surface area contributed by atoms with Gasteiger partial charge in [0.15, 0.2) is 0 Å². The molecule has 6 nitrogen and oxygen atoms in total. The average Bonchev–Trinajstić information content (AvgIpc) is 2.74. The Hall–Kier alpha value is -4.07. The SMILES string of the molecule is O=C(/C=C/c1ccccc1OC(F)F)Nc1ccc(C(=O)Nc2cccnc2)cc1. The lowest BCUT2D eigenvalue weighted by atomic mass is 10.1. The first kappa shape index (κ1) is 20.7. The molecule has 0 radical (unpaired) electrons. The third-order valence-electron chi connectivity index (χ3n) is 3.88. The van der Waals surface area contributed by atoms with E-state index in [4.69, 9.17) is 0 Å². The number of hydrogen-bond acceptors (Lipinski definition) is 4. The van der Waals surface area contributed by atoms with Crippen LogP contribution in [0.1, 0.15) is 15.9 Å². The molecule has 0 atom stereocenters. The van der Waals surface area contributed by atoms with E-state index in [0.717, 1.165) is 0 Å². The smallest absolute Gasteiger partial charge is 0.387 e. The number of nitrogens with zero attached hydrogens (tertiary/aromatic N) is 1. The molecule has 1 aromatic heterocycles. The molecule has 2 N–H and O–H groups in total. The second-order valence-electron chi connectivity index (χ2n) is 6.01. The molecule has 152 valence electrons. The molecule has 0 spiro atoms. The van der Waals surface area contributed by atoms with Gasteiger partial charge >= 0.3 is 6.61 Å². The fraction of sp³-hybridized carbons (Fsp3) is 0.0455. The second-order valence-corrected chi connectivity index (χ2v) is 6.01. The van der Waals surface area contributed by atoms with Crippen molar-refractivity contribution in [2.75, 3.05) is 10.6 Å². The zero-order valence-electron chi connectivity index (χ0n) is 15.6. The number of amides is 2. The molecule has 8 heteroatoms. The molecule has 0 aliphatic heterocycles. The molecule has 0 aliphatic rings. The first-order valence-corrected chi connectivity index (χ1v) is 8.85. The Morgan fingerprint density at radius 1 is 0.933 bits per heavy atom. The number of pyridine rings is 1. The van der Waals surface area contributed by atoms with E-state index < -0.39 is 12.5 Å². The van der Waals surface area contributed by atoms with Gasteiger partial charge in [-0.1, -0.05) is 18.2 Å². The zero-order chi connectivity index (χ0) is 21.3. The summed E-state index contributed by atoms with van der Waals surface area (Å²) in [6.45, 7) is -2.96. The van der Waals surface area contributed by atoms with Crippen LogP contribution in [0, 0.1) is 0 Å². The van der Waals surface area contributed by atoms with Crippen molar-refractivity contribution in [3.8, 4) is 5.75 Å². The van der Waals surface area contributed by atoms with E-state index >= 15 is 0 Å². The summed E-state index contributed by atoms with van der Waals surface area (Å²) < 4.78 is 29.3. The van der Waals surface area contributed by atoms with Crippen LogP contribution in [0.2, 0.25) is 0 Å². The van der Waals surface area contributed by atoms with Crippen molar-refractivity contribution in [3.63, 3.8) is 0 Å². The van der Waals surface area contributed by atoms with Gasteiger partial charge < -0.3 is 15.4 Å². The van der Waals surface area contributed by atoms with Gasteiger partial charge in [-0.25, -0.2) is 0 Å². The van der Waals surface area contributed by atoms with Gasteiger partial charge in [0.25, 0.3) is 5.91 Å². The maximum Gasteiger partial charge on any atom is 0.387 e. The van der Waals surface area contributed by atoms with Gasteiger partial charge in [0.1, 0.15) is 5.75 Å². The van der Waals surface area contributed by atoms with Crippen LogP contribution in [0.4, 0.5) is 20.2 Å². The summed E-state index contributed by atoms with van der Waals surface area (Å²) in [5.41, 5.74) is 1.79. The molecule has 30 heavy (non-hydrogen) atoms. The van der Waals surface area contributed by atoms with Crippen LogP contribution < -0.4 is 15.4 Å². The number of para-hydroxylation sites is 1. The average molecular weight is 409 g/mol. The maximum atomic E-state index is 12.4. The molecule has 3 aromatic rings. The normalized spacial score (nSPS) is 10.8. The van der Waals surface area contributed by atoms with E-state index in [1.165, 1.54) is 24.4 Å². The molecule has 2 amide bonds. The number of benzene rings is 2. The van der Waals surface area contributed by atoms with Crippen LogP contribution in [0.15, 0.2) is 79.1 Å². The van der Waals surface area contributed by atoms with Crippen molar-refractivity contribution in [2.45, 2.75) is 6.61 Å². The number of halogens is 2. The molecule has 0 unspecified atom stereocenters. The van der Waals surface area contributed by atoms with Crippen LogP contribution in [-0.4, -0.2) is 23.4 Å². The summed E-state index contributed by atoms with van der Waals surface area (Å²) in [6, 6.07) is 15.9. The number of carbonyl (C=O) groups is 2. The summed E-state index contributed by atoms with van der Waals surface area (Å²) in [5, 5.41) is 5.34. The summed E-state index contributed by atoms with van der Waals surface area (Å²) in [5.74, 6) is -0.800. The largest absolute Gasteiger partial charge is 0.434 e. The van der Waals surface area contributed by atoms with Crippen molar-refractivity contribution in [1.29, 1.82) is 0 Å². The summed E-state index contributed by atoms with van der Waals surface area (Å²) >= 11 is 0. The van der Waals surface area contributed by atoms with E-state index in [9.17, 15) is 18.4 Å². The molecular weight excluding hydrogens is 392 g/mol. The number of hydrogen-bond donors (Lipinski definition) is 2. The second kappa shape index (κ2) is 9.92. The molecule has 0 fully saturated rings. The Balaban J connectivity index is 1.60. The van der Waals surface area contributed by atoms with Gasteiger partial charge in [-0.2, -0.15) is 8.78 Å². The Kier molecular flexibility index (Phi) is 6.83. The topological polar surface area (TPSA) is 80.3 Å². The predicted octanol–water partition coefficient (Wildman–Crippen LogP) is 4.59. The fourth-order valence-electron chi connectivity index (χ4n) is 2.52. The van der Waals surface area contributed by atoms with Gasteiger partial charge in [-0.15, -0.1) is 0 Å². The molecule has 0 aliphatic carbocycles. The van der Waals surface area contributed by atoms with Crippen LogP contribution in [0.25, 0.3) is 6.08 Å². The Morgan fingerprint density at radius 3 is 2.40 bits per heavy atom. The minimum Gasteiger partial charge on any atom is -0.434 e. The summed E-state index contributed by atoms with van der Waals surface area (Å²) in [6.07, 6.45) is 5.72. The molecule has 2 aromatic carbocycles. The minimum atomic E-state index is -2.96. The third kappa shape index (κ3) is 5.96. The van der Waals surface area contributed by atoms with Gasteiger partial charge in [0, 0.05) is 29.1 Å². The summed E-state index contributed by atoms with van der Waals surface area (Å²) in [7, 11) is 0. The van der Waals surface area contributed by atoms with Gasteiger partial charge in [0.05, 0.1) is 11.9 Å². The van der Waals surface area contributed by atoms with Crippen molar-refractivity contribution in [3.05, 3.63) is 90.3 Å². The highest BCUT2D eigenvalue weighted by molar-refractivity contribution is 6.05. The maximum absolute atomic E-state index is 12.4. The number of nitrogens with one attached hydrogen (secondary N) is 2. The lowest BCUT2D eigenvalue weighted by molar-refractivity contribution is -0.111. The molecule has 0 bridgehead atoms. The monoisotopic (exact) mass is 409 g/mol. The molecule has 0 saturated carbocycles. The third-order valence-corrected chi connectivity index (χ3v) is 3.88. The highest BCUT2D eigenvalue weighted by Crippen LogP contribution is 2.21. The van der Waals surface area contributed by atoms with Gasteiger partial charge in [0.2, 0.25) is 5.91 Å². The number of ether oxygens (including phenoxy) is 1. The number of rotatable bonds is 7. The van der Waals surface area contributed by atoms with Crippen molar-refractivity contribution < 1.29 is 23.1 Å². The number of anilines is 2. The molecule has 1 heterocycles. The number of carbonyl (C=O) groups excluding carboxylic acids is 2. The Labute approximate surface area is 171 Å². The molecular formula is C22H17F2N3O3. The molecule has 3 rings (SSSR count). The fourth-order valence-corrected chi connectivity index (χ4v) is 2.52. The van der Waals surface area contributed by atoms with Gasteiger partial charge in [-0.05, 0) is 48.5 Å². The first-order chi connectivity index (χ1) is 14.5. The van der Waals surface area contributed by atoms with Gasteiger partial charge in [-0.3, -0.25) is 14.6 Å². The number of aromatic nitrogens is 1. The Bertz CT molecular complexity index is 1040. The van der Waals surface area contributed by atoms with Crippen LogP contribution in [0.3, 0.4) is 0 Å². The van der Waals surface area contributed by atoms with Crippen LogP contribution in [0.5, 0.6) is 5.75 Å². The van der Waals surface area contributed by atoms with Crippen LogP contribution >= 0.6 is 0 Å². The van der Waals surface area contributed by atoms with E-state index in [1.807, 2.05) is 0 Å². The molecule has 0 saturated heterocycles. The minimum absolute atomic E-state index is 0.0273. The predicted molar refractivity (Wildman–Crippen MR) is 109 cm³/mol. The Morgan fingerprint density at radius 2 is 1.70 bits per heavy atom. The highest BCUT2D eigenvalue weighted by Gasteiger charge is 2.08. The van der Waals surface area contributed by atoms with E-state index in [-0.39, 0.29) is 11.7 Å². The van der Waals surface area contributed by atoms with E-state index in [1.54, 1.807) is 60.8 Å². The highest BCUT2D eigenvalue weighted by atomic mass is 19.3. The van der Waals surface area contributed by atoms with Crippen molar-refractivity contribution >= 4 is 29.3 Å². The lowest BCUT2D eigenvalue weighted by Gasteiger charge is -2.08. The van der Waals surface area contributed by atoms with E-state index in [2.05, 4.69) is 20.4 Å².